The van der Waals surface area contributed by atoms with Gasteiger partial charge in [0.1, 0.15) is 0 Å². The molecular weight excluding hydrogens is 344 g/mol. The first kappa shape index (κ1) is 17.4. The van der Waals surface area contributed by atoms with Crippen LogP contribution < -0.4 is 0 Å². The van der Waals surface area contributed by atoms with E-state index in [9.17, 15) is 10.2 Å². The lowest BCUT2D eigenvalue weighted by molar-refractivity contribution is -0.192. The summed E-state index contributed by atoms with van der Waals surface area (Å²) in [5.74, 6) is 5.21. The van der Waals surface area contributed by atoms with E-state index < -0.39 is 11.2 Å². The van der Waals surface area contributed by atoms with E-state index in [1.54, 1.807) is 0 Å². The van der Waals surface area contributed by atoms with Crippen molar-refractivity contribution in [2.75, 3.05) is 0 Å². The topological polar surface area (TPSA) is 40.5 Å². The number of hydrogen-bond donors (Lipinski definition) is 2. The van der Waals surface area contributed by atoms with Crippen molar-refractivity contribution < 1.29 is 10.2 Å². The van der Waals surface area contributed by atoms with Gasteiger partial charge in [-0.2, -0.15) is 0 Å². The van der Waals surface area contributed by atoms with Crippen LogP contribution in [-0.4, -0.2) is 21.4 Å². The fourth-order valence-electron chi connectivity index (χ4n) is 11.0. The monoisotopic (exact) mass is 382 g/mol. The van der Waals surface area contributed by atoms with Crippen molar-refractivity contribution in [2.24, 2.45) is 46.3 Å². The predicted molar refractivity (Wildman–Crippen MR) is 109 cm³/mol. The third-order valence-corrected chi connectivity index (χ3v) is 11.4. The van der Waals surface area contributed by atoms with Crippen LogP contribution in [0.25, 0.3) is 0 Å². The quantitative estimate of drug-likeness (QED) is 0.642. The highest BCUT2D eigenvalue weighted by Crippen LogP contribution is 2.68. The summed E-state index contributed by atoms with van der Waals surface area (Å²) in [4.78, 5) is 0. The van der Waals surface area contributed by atoms with E-state index >= 15 is 0 Å². The smallest absolute Gasteiger partial charge is 0.0886 e. The molecule has 28 heavy (non-hydrogen) atoms. The minimum Gasteiger partial charge on any atom is -0.385 e. The van der Waals surface area contributed by atoms with Crippen LogP contribution in [0.3, 0.4) is 0 Å². The molecule has 2 nitrogen and oxygen atoms in total. The summed E-state index contributed by atoms with van der Waals surface area (Å²) < 4.78 is 0. The van der Waals surface area contributed by atoms with Crippen molar-refractivity contribution in [3.05, 3.63) is 12.2 Å². The van der Waals surface area contributed by atoms with Gasteiger partial charge in [-0.25, -0.2) is 0 Å². The van der Waals surface area contributed by atoms with Crippen LogP contribution >= 0.6 is 0 Å². The summed E-state index contributed by atoms with van der Waals surface area (Å²) in [6.07, 6.45) is 21.9. The van der Waals surface area contributed by atoms with Crippen LogP contribution in [-0.2, 0) is 0 Å². The highest BCUT2D eigenvalue weighted by molar-refractivity contribution is 5.27. The van der Waals surface area contributed by atoms with Gasteiger partial charge in [-0.3, -0.25) is 0 Å². The van der Waals surface area contributed by atoms with Gasteiger partial charge in [0.2, 0.25) is 0 Å². The van der Waals surface area contributed by atoms with E-state index in [0.29, 0.717) is 0 Å². The molecule has 9 aliphatic carbocycles. The standard InChI is InChI=1S/C26H38O2/c27-25(23-11-17-5-18(12-23)7-19(6-17)13-23)1-2-26(28,4-3-25)24-14-20-8-21(15-24)10-22(9-20)16-24/h1-2,17-22,27-28H,3-16H2. The minimum absolute atomic E-state index is 0.126. The maximum absolute atomic E-state index is 12.0. The van der Waals surface area contributed by atoms with Crippen LogP contribution in [0, 0.1) is 46.3 Å². The fraction of sp³-hybridized carbons (Fsp3) is 0.923. The molecule has 8 bridgehead atoms. The fourth-order valence-corrected chi connectivity index (χ4v) is 11.0. The highest BCUT2D eigenvalue weighted by atomic mass is 16.3. The molecule has 0 heterocycles. The Morgan fingerprint density at radius 2 is 0.714 bits per heavy atom. The summed E-state index contributed by atoms with van der Waals surface area (Å²) >= 11 is 0. The Kier molecular flexibility index (Phi) is 3.27. The molecule has 2 N–H and O–H groups in total. The second-order valence-electron chi connectivity index (χ2n) is 13.1. The third kappa shape index (κ3) is 2.13. The average Bonchev–Trinajstić information content (AvgIpc) is 2.62. The Labute approximate surface area is 170 Å². The molecule has 0 spiro atoms. The molecule has 9 rings (SSSR count). The zero-order chi connectivity index (χ0) is 18.8. The molecular formula is C26H38O2. The zero-order valence-corrected chi connectivity index (χ0v) is 17.4. The highest BCUT2D eigenvalue weighted by Gasteiger charge is 2.64. The lowest BCUT2D eigenvalue weighted by atomic mass is 9.42. The van der Waals surface area contributed by atoms with E-state index in [-0.39, 0.29) is 10.8 Å². The molecule has 8 saturated carbocycles. The maximum atomic E-state index is 12.0. The lowest BCUT2D eigenvalue weighted by Gasteiger charge is -2.65. The maximum Gasteiger partial charge on any atom is 0.0886 e. The largest absolute Gasteiger partial charge is 0.385 e. The number of rotatable bonds is 2. The van der Waals surface area contributed by atoms with Gasteiger partial charge in [0.15, 0.2) is 0 Å². The van der Waals surface area contributed by atoms with Gasteiger partial charge >= 0.3 is 0 Å². The summed E-state index contributed by atoms with van der Waals surface area (Å²) in [5, 5.41) is 23.9. The first-order valence-corrected chi connectivity index (χ1v) is 12.5. The Hall–Kier alpha value is -0.340. The zero-order valence-electron chi connectivity index (χ0n) is 17.4. The van der Waals surface area contributed by atoms with Crippen LogP contribution in [0.5, 0.6) is 0 Å². The summed E-state index contributed by atoms with van der Waals surface area (Å²) in [6, 6.07) is 0. The Bertz CT molecular complexity index is 591. The van der Waals surface area contributed by atoms with Crippen molar-refractivity contribution in [3.63, 3.8) is 0 Å². The van der Waals surface area contributed by atoms with E-state index in [1.165, 1.54) is 77.0 Å². The van der Waals surface area contributed by atoms with Gasteiger partial charge in [0.05, 0.1) is 11.2 Å². The molecule has 9 aliphatic rings. The molecule has 154 valence electrons. The molecule has 0 radical (unpaired) electrons. The van der Waals surface area contributed by atoms with Gasteiger partial charge in [0.25, 0.3) is 0 Å². The van der Waals surface area contributed by atoms with Crippen molar-refractivity contribution >= 4 is 0 Å². The molecule has 0 aliphatic heterocycles. The predicted octanol–water partition coefficient (Wildman–Crippen LogP) is 5.23. The minimum atomic E-state index is -0.655. The van der Waals surface area contributed by atoms with Crippen molar-refractivity contribution in [1.82, 2.24) is 0 Å². The van der Waals surface area contributed by atoms with E-state index in [4.69, 9.17) is 0 Å². The second-order valence-corrected chi connectivity index (χ2v) is 13.1. The Morgan fingerprint density at radius 1 is 0.464 bits per heavy atom. The van der Waals surface area contributed by atoms with Gasteiger partial charge in [0, 0.05) is 10.8 Å². The Morgan fingerprint density at radius 3 is 0.929 bits per heavy atom. The number of hydrogen-bond acceptors (Lipinski definition) is 2. The van der Waals surface area contributed by atoms with Crippen LogP contribution in [0.2, 0.25) is 0 Å². The first-order valence-electron chi connectivity index (χ1n) is 12.5. The number of aliphatic hydroxyl groups is 2. The summed E-state index contributed by atoms with van der Waals surface area (Å²) in [6.45, 7) is 0. The molecule has 0 aromatic carbocycles. The van der Waals surface area contributed by atoms with E-state index in [0.717, 1.165) is 48.3 Å². The summed E-state index contributed by atoms with van der Waals surface area (Å²) in [5.41, 5.74) is -1.06. The average molecular weight is 383 g/mol. The van der Waals surface area contributed by atoms with Gasteiger partial charge in [-0.1, -0.05) is 12.2 Å². The Balaban J connectivity index is 1.21. The molecule has 0 saturated heterocycles. The second kappa shape index (κ2) is 5.28. The molecule has 0 amide bonds. The van der Waals surface area contributed by atoms with Crippen LogP contribution in [0.1, 0.15) is 89.9 Å². The van der Waals surface area contributed by atoms with Crippen molar-refractivity contribution in [3.8, 4) is 0 Å². The van der Waals surface area contributed by atoms with Gasteiger partial charge < -0.3 is 10.2 Å². The molecule has 2 atom stereocenters. The van der Waals surface area contributed by atoms with E-state index in [1.807, 2.05) is 0 Å². The molecule has 0 aromatic rings. The molecule has 8 fully saturated rings. The van der Waals surface area contributed by atoms with Crippen LogP contribution in [0.15, 0.2) is 12.2 Å². The first-order chi connectivity index (χ1) is 13.4. The molecule has 0 aromatic heterocycles. The van der Waals surface area contributed by atoms with Crippen LogP contribution in [0.4, 0.5) is 0 Å². The van der Waals surface area contributed by atoms with Gasteiger partial charge in [-0.15, -0.1) is 0 Å². The SMILES string of the molecule is OC1(C23CC4CC(CC(C4)C2)C3)C=CC(O)(C23CC4CC(CC(C4)C2)C3)CC1. The third-order valence-electron chi connectivity index (χ3n) is 11.4. The van der Waals surface area contributed by atoms with Crippen molar-refractivity contribution in [1.29, 1.82) is 0 Å². The normalized spacial score (nSPS) is 63.9. The van der Waals surface area contributed by atoms with Gasteiger partial charge in [-0.05, 0) is 125 Å². The van der Waals surface area contributed by atoms with E-state index in [2.05, 4.69) is 12.2 Å². The molecule has 2 heteroatoms. The lowest BCUT2D eigenvalue weighted by Crippen LogP contribution is -2.62. The molecule has 2 unspecified atom stereocenters. The summed E-state index contributed by atoms with van der Waals surface area (Å²) in [7, 11) is 0. The van der Waals surface area contributed by atoms with Crippen molar-refractivity contribution in [2.45, 2.75) is 101 Å².